The molecule has 0 aliphatic rings. The number of halogens is 1. The van der Waals surface area contributed by atoms with Gasteiger partial charge in [-0.3, -0.25) is 9.59 Å². The van der Waals surface area contributed by atoms with Gasteiger partial charge in [0.05, 0.1) is 17.8 Å². The average Bonchev–Trinajstić information content (AvgIpc) is 2.68. The summed E-state index contributed by atoms with van der Waals surface area (Å²) >= 11 is 0. The summed E-state index contributed by atoms with van der Waals surface area (Å²) in [6.45, 7) is -0.158. The van der Waals surface area contributed by atoms with Crippen LogP contribution in [0.25, 0.3) is 0 Å². The normalized spacial score (nSPS) is 10.2. The van der Waals surface area contributed by atoms with Crippen molar-refractivity contribution in [2.45, 2.75) is 0 Å². The lowest BCUT2D eigenvalue weighted by atomic mass is 10.1. The average molecular weight is 377 g/mol. The summed E-state index contributed by atoms with van der Waals surface area (Å²) in [6, 6.07) is 22.2. The number of nitrogens with zero attached hydrogens (tertiary/aromatic N) is 1. The molecule has 0 aliphatic heterocycles. The molecule has 0 aromatic heterocycles. The van der Waals surface area contributed by atoms with Crippen LogP contribution in [0.1, 0.15) is 10.4 Å². The standard InChI is InChI=1S/C22H20FN3O2/c1-26(15-21(27)25-18-11-7-8-16(23)14-18)22(28)19-12-5-6-13-20(19)24-17-9-3-2-4-10-17/h2-14,24H,15H2,1H3,(H,25,27). The first-order chi connectivity index (χ1) is 13.5. The highest BCUT2D eigenvalue weighted by Gasteiger charge is 2.18. The Balaban J connectivity index is 1.68. The summed E-state index contributed by atoms with van der Waals surface area (Å²) in [5.74, 6) is -1.15. The first-order valence-electron chi connectivity index (χ1n) is 8.75. The largest absolute Gasteiger partial charge is 0.355 e. The molecule has 0 radical (unpaired) electrons. The lowest BCUT2D eigenvalue weighted by Crippen LogP contribution is -2.35. The Kier molecular flexibility index (Phi) is 6.01. The van der Waals surface area contributed by atoms with E-state index in [1.807, 2.05) is 36.4 Å². The van der Waals surface area contributed by atoms with Crippen LogP contribution in [0.4, 0.5) is 21.5 Å². The number of nitrogens with one attached hydrogen (secondary N) is 2. The molecule has 3 aromatic rings. The number of amides is 2. The summed E-state index contributed by atoms with van der Waals surface area (Å²) in [4.78, 5) is 26.4. The van der Waals surface area contributed by atoms with Crippen LogP contribution < -0.4 is 10.6 Å². The molecule has 0 unspecified atom stereocenters. The number of carbonyl (C=O) groups is 2. The second-order valence-electron chi connectivity index (χ2n) is 6.26. The van der Waals surface area contributed by atoms with Crippen LogP contribution >= 0.6 is 0 Å². The van der Waals surface area contributed by atoms with Gasteiger partial charge in [-0.15, -0.1) is 0 Å². The summed E-state index contributed by atoms with van der Waals surface area (Å²) in [6.07, 6.45) is 0. The van der Waals surface area contributed by atoms with E-state index in [4.69, 9.17) is 0 Å². The Labute approximate surface area is 162 Å². The van der Waals surface area contributed by atoms with Gasteiger partial charge in [0.25, 0.3) is 5.91 Å². The Morgan fingerprint density at radius 1 is 0.893 bits per heavy atom. The molecule has 0 heterocycles. The van der Waals surface area contributed by atoms with Crippen molar-refractivity contribution in [1.29, 1.82) is 0 Å². The molecule has 0 saturated carbocycles. The number of anilines is 3. The predicted octanol–water partition coefficient (Wildman–Crippen LogP) is 4.28. The Morgan fingerprint density at radius 3 is 2.32 bits per heavy atom. The van der Waals surface area contributed by atoms with Crippen LogP contribution in [0.5, 0.6) is 0 Å². The van der Waals surface area contributed by atoms with Crippen molar-refractivity contribution in [3.05, 3.63) is 90.2 Å². The Bertz CT molecular complexity index is 976. The molecule has 0 aliphatic carbocycles. The van der Waals surface area contributed by atoms with Crippen molar-refractivity contribution in [3.8, 4) is 0 Å². The minimum absolute atomic E-state index is 0.158. The van der Waals surface area contributed by atoms with Crippen LogP contribution in [-0.4, -0.2) is 30.3 Å². The molecule has 0 fully saturated rings. The van der Waals surface area contributed by atoms with Gasteiger partial charge in [0.15, 0.2) is 0 Å². The van der Waals surface area contributed by atoms with Crippen molar-refractivity contribution in [2.24, 2.45) is 0 Å². The second kappa shape index (κ2) is 8.81. The highest BCUT2D eigenvalue weighted by Crippen LogP contribution is 2.22. The fourth-order valence-electron chi connectivity index (χ4n) is 2.72. The minimum Gasteiger partial charge on any atom is -0.355 e. The van der Waals surface area contributed by atoms with Crippen LogP contribution in [0, 0.1) is 5.82 Å². The summed E-state index contributed by atoms with van der Waals surface area (Å²) in [5.41, 5.74) is 2.30. The molecule has 28 heavy (non-hydrogen) atoms. The molecule has 142 valence electrons. The Morgan fingerprint density at radius 2 is 1.57 bits per heavy atom. The van der Waals surface area contributed by atoms with E-state index in [2.05, 4.69) is 10.6 Å². The van der Waals surface area contributed by atoms with E-state index in [1.54, 1.807) is 31.3 Å². The van der Waals surface area contributed by atoms with Gasteiger partial charge in [-0.05, 0) is 42.5 Å². The van der Waals surface area contributed by atoms with Crippen molar-refractivity contribution in [2.75, 3.05) is 24.2 Å². The third kappa shape index (κ3) is 4.94. The Hall–Kier alpha value is -3.67. The first kappa shape index (κ1) is 19.1. The number of carbonyl (C=O) groups excluding carboxylic acids is 2. The molecule has 6 heteroatoms. The summed E-state index contributed by atoms with van der Waals surface area (Å²) in [7, 11) is 1.55. The van der Waals surface area contributed by atoms with Gasteiger partial charge in [-0.25, -0.2) is 4.39 Å². The van der Waals surface area contributed by atoms with E-state index in [0.29, 0.717) is 16.9 Å². The molecule has 5 nitrogen and oxygen atoms in total. The predicted molar refractivity (Wildman–Crippen MR) is 108 cm³/mol. The molecule has 2 N–H and O–H groups in total. The molecule has 2 amide bonds. The fourth-order valence-corrected chi connectivity index (χ4v) is 2.72. The van der Waals surface area contributed by atoms with Crippen molar-refractivity contribution >= 4 is 28.9 Å². The number of benzene rings is 3. The quantitative estimate of drug-likeness (QED) is 0.674. The van der Waals surface area contributed by atoms with Gasteiger partial charge in [-0.2, -0.15) is 0 Å². The minimum atomic E-state index is -0.442. The van der Waals surface area contributed by atoms with E-state index in [9.17, 15) is 14.0 Å². The topological polar surface area (TPSA) is 61.4 Å². The van der Waals surface area contributed by atoms with Crippen LogP contribution in [0.2, 0.25) is 0 Å². The summed E-state index contributed by atoms with van der Waals surface area (Å²) in [5, 5.41) is 5.80. The molecule has 3 rings (SSSR count). The summed E-state index contributed by atoms with van der Waals surface area (Å²) < 4.78 is 13.2. The van der Waals surface area contributed by atoms with Crippen LogP contribution in [0.3, 0.4) is 0 Å². The molecular weight excluding hydrogens is 357 g/mol. The van der Waals surface area contributed by atoms with Gasteiger partial charge in [0.2, 0.25) is 5.91 Å². The molecule has 3 aromatic carbocycles. The highest BCUT2D eigenvalue weighted by molar-refractivity contribution is 6.03. The van der Waals surface area contributed by atoms with Crippen molar-refractivity contribution < 1.29 is 14.0 Å². The lowest BCUT2D eigenvalue weighted by molar-refractivity contribution is -0.116. The molecule has 0 saturated heterocycles. The smallest absolute Gasteiger partial charge is 0.256 e. The number of hydrogen-bond donors (Lipinski definition) is 2. The van der Waals surface area contributed by atoms with Crippen molar-refractivity contribution in [1.82, 2.24) is 4.90 Å². The fraction of sp³-hybridized carbons (Fsp3) is 0.0909. The van der Waals surface area contributed by atoms with Crippen molar-refractivity contribution in [3.63, 3.8) is 0 Å². The molecule has 0 atom stereocenters. The van der Waals surface area contributed by atoms with E-state index in [-0.39, 0.29) is 12.5 Å². The number of hydrogen-bond acceptors (Lipinski definition) is 3. The number of likely N-dealkylation sites (N-methyl/N-ethyl adjacent to an activating group) is 1. The van der Waals surface area contributed by atoms with Gasteiger partial charge in [0, 0.05) is 18.4 Å². The van der Waals surface area contributed by atoms with Gasteiger partial charge < -0.3 is 15.5 Å². The van der Waals surface area contributed by atoms with E-state index in [1.165, 1.54) is 23.1 Å². The first-order valence-corrected chi connectivity index (χ1v) is 8.75. The van der Waals surface area contributed by atoms with Crippen LogP contribution in [-0.2, 0) is 4.79 Å². The second-order valence-corrected chi connectivity index (χ2v) is 6.26. The molecule has 0 bridgehead atoms. The zero-order valence-electron chi connectivity index (χ0n) is 15.4. The maximum absolute atomic E-state index is 13.2. The number of para-hydroxylation sites is 2. The van der Waals surface area contributed by atoms with Gasteiger partial charge >= 0.3 is 0 Å². The maximum Gasteiger partial charge on any atom is 0.256 e. The molecular formula is C22H20FN3O2. The zero-order valence-corrected chi connectivity index (χ0v) is 15.4. The van der Waals surface area contributed by atoms with E-state index >= 15 is 0 Å². The highest BCUT2D eigenvalue weighted by atomic mass is 19.1. The number of rotatable bonds is 6. The molecule has 0 spiro atoms. The SMILES string of the molecule is CN(CC(=O)Nc1cccc(F)c1)C(=O)c1ccccc1Nc1ccccc1. The third-order valence-corrected chi connectivity index (χ3v) is 4.05. The van der Waals surface area contributed by atoms with E-state index < -0.39 is 11.7 Å². The van der Waals surface area contributed by atoms with Gasteiger partial charge in [-0.1, -0.05) is 36.4 Å². The van der Waals surface area contributed by atoms with Gasteiger partial charge in [0.1, 0.15) is 5.82 Å². The van der Waals surface area contributed by atoms with Crippen LogP contribution in [0.15, 0.2) is 78.9 Å². The van der Waals surface area contributed by atoms with E-state index in [0.717, 1.165) is 5.69 Å². The maximum atomic E-state index is 13.2. The monoisotopic (exact) mass is 377 g/mol. The third-order valence-electron chi connectivity index (χ3n) is 4.05. The zero-order chi connectivity index (χ0) is 19.9. The lowest BCUT2D eigenvalue weighted by Gasteiger charge is -2.19.